The Morgan fingerprint density at radius 3 is 2.22 bits per heavy atom. The minimum absolute atomic E-state index is 0.0612. The van der Waals surface area contributed by atoms with E-state index >= 15 is 0 Å². The average Bonchev–Trinajstić information content (AvgIpc) is 2.73. The van der Waals surface area contributed by atoms with Crippen LogP contribution in [0.1, 0.15) is 21.5 Å². The molecule has 0 unspecified atom stereocenters. The van der Waals surface area contributed by atoms with Gasteiger partial charge in [0.25, 0.3) is 5.91 Å². The third kappa shape index (κ3) is 4.06. The van der Waals surface area contributed by atoms with E-state index in [0.717, 1.165) is 35.0 Å². The summed E-state index contributed by atoms with van der Waals surface area (Å²) in [4.78, 5) is 12.9. The number of amides is 1. The number of nitrogens with one attached hydrogen (secondary N) is 1. The van der Waals surface area contributed by atoms with Crippen LogP contribution in [0.25, 0.3) is 10.8 Å². The molecule has 4 rings (SSSR count). The third-order valence-electron chi connectivity index (χ3n) is 4.80. The fraction of sp³-hybridized carbons (Fsp3) is 0.0800. The maximum atomic E-state index is 12.9. The normalized spacial score (nSPS) is 10.7. The summed E-state index contributed by atoms with van der Waals surface area (Å²) in [5.41, 5.74) is 3.90. The Morgan fingerprint density at radius 2 is 1.37 bits per heavy atom. The molecule has 1 N–H and O–H groups in total. The van der Waals surface area contributed by atoms with Crippen molar-refractivity contribution in [3.05, 3.63) is 114 Å². The van der Waals surface area contributed by atoms with Crippen molar-refractivity contribution in [3.8, 4) is 0 Å². The topological polar surface area (TPSA) is 29.1 Å². The molecule has 0 aromatic heterocycles. The van der Waals surface area contributed by atoms with Crippen LogP contribution in [0.4, 0.5) is 5.69 Å². The van der Waals surface area contributed by atoms with Gasteiger partial charge in [-0.1, -0.05) is 78.9 Å². The van der Waals surface area contributed by atoms with Gasteiger partial charge in [-0.05, 0) is 52.9 Å². The summed E-state index contributed by atoms with van der Waals surface area (Å²) in [6.45, 7) is 0. The number of fused-ring (bicyclic) bond motifs is 1. The molecule has 0 aliphatic heterocycles. The van der Waals surface area contributed by atoms with Gasteiger partial charge in [-0.25, -0.2) is 0 Å². The summed E-state index contributed by atoms with van der Waals surface area (Å²) >= 11 is 0. The smallest absolute Gasteiger partial charge is 0.255 e. The third-order valence-corrected chi connectivity index (χ3v) is 4.80. The lowest BCUT2D eigenvalue weighted by Crippen LogP contribution is -2.14. The van der Waals surface area contributed by atoms with E-state index in [4.69, 9.17) is 0 Å². The molecule has 0 radical (unpaired) electrons. The van der Waals surface area contributed by atoms with Crippen molar-refractivity contribution in [2.45, 2.75) is 12.8 Å². The van der Waals surface area contributed by atoms with Crippen LogP contribution < -0.4 is 5.32 Å². The molecule has 0 fully saturated rings. The van der Waals surface area contributed by atoms with Gasteiger partial charge in [-0.2, -0.15) is 0 Å². The minimum atomic E-state index is -0.0612. The Hall–Kier alpha value is -3.39. The van der Waals surface area contributed by atoms with Crippen molar-refractivity contribution in [1.29, 1.82) is 0 Å². The first-order valence-electron chi connectivity index (χ1n) is 9.21. The highest BCUT2D eigenvalue weighted by molar-refractivity contribution is 6.06. The molecule has 0 saturated heterocycles. The number of rotatable bonds is 5. The molecule has 0 saturated carbocycles. The van der Waals surface area contributed by atoms with E-state index in [1.807, 2.05) is 72.8 Å². The lowest BCUT2D eigenvalue weighted by molar-refractivity contribution is 0.102. The van der Waals surface area contributed by atoms with E-state index in [1.54, 1.807) is 0 Å². The summed E-state index contributed by atoms with van der Waals surface area (Å²) in [7, 11) is 0. The van der Waals surface area contributed by atoms with E-state index in [9.17, 15) is 4.79 Å². The lowest BCUT2D eigenvalue weighted by Gasteiger charge is -2.11. The molecule has 0 spiro atoms. The molecule has 0 heterocycles. The molecule has 4 aromatic carbocycles. The molecular weight excluding hydrogens is 330 g/mol. The zero-order chi connectivity index (χ0) is 18.5. The van der Waals surface area contributed by atoms with Crippen molar-refractivity contribution in [2.24, 2.45) is 0 Å². The van der Waals surface area contributed by atoms with Gasteiger partial charge >= 0.3 is 0 Å². The van der Waals surface area contributed by atoms with Crippen LogP contribution in [-0.4, -0.2) is 5.91 Å². The highest BCUT2D eigenvalue weighted by Crippen LogP contribution is 2.20. The fourth-order valence-electron chi connectivity index (χ4n) is 3.35. The van der Waals surface area contributed by atoms with Crippen molar-refractivity contribution < 1.29 is 4.79 Å². The number of benzene rings is 4. The molecule has 0 bridgehead atoms. The molecule has 0 atom stereocenters. The van der Waals surface area contributed by atoms with Gasteiger partial charge in [0.05, 0.1) is 0 Å². The van der Waals surface area contributed by atoms with E-state index in [0.29, 0.717) is 0 Å². The summed E-state index contributed by atoms with van der Waals surface area (Å²) in [6.07, 6.45) is 1.76. The van der Waals surface area contributed by atoms with Crippen molar-refractivity contribution in [2.75, 3.05) is 5.32 Å². The number of anilines is 1. The van der Waals surface area contributed by atoms with Gasteiger partial charge in [0.1, 0.15) is 0 Å². The molecule has 4 aromatic rings. The SMILES string of the molecule is O=C(Nc1ccc2ccccc2c1)c1ccccc1CCc1ccccc1. The molecule has 0 aliphatic carbocycles. The molecule has 0 aliphatic rings. The number of aryl methyl sites for hydroxylation is 2. The number of carbonyl (C=O) groups is 1. The number of hydrogen-bond donors (Lipinski definition) is 1. The second kappa shape index (κ2) is 7.88. The zero-order valence-corrected chi connectivity index (χ0v) is 15.1. The number of carbonyl (C=O) groups excluding carboxylic acids is 1. The fourth-order valence-corrected chi connectivity index (χ4v) is 3.35. The minimum Gasteiger partial charge on any atom is -0.322 e. The molecule has 132 valence electrons. The highest BCUT2D eigenvalue weighted by atomic mass is 16.1. The standard InChI is InChI=1S/C25H21NO/c27-25(26-23-17-16-20-10-4-5-12-22(20)18-23)24-13-7-6-11-21(24)15-14-19-8-2-1-3-9-19/h1-13,16-18H,14-15H2,(H,26,27). The van der Waals surface area contributed by atoms with Gasteiger partial charge in [0.2, 0.25) is 0 Å². The van der Waals surface area contributed by atoms with Gasteiger partial charge in [-0.3, -0.25) is 4.79 Å². The van der Waals surface area contributed by atoms with Crippen LogP contribution in [0.2, 0.25) is 0 Å². The van der Waals surface area contributed by atoms with Gasteiger partial charge in [0, 0.05) is 11.3 Å². The first kappa shape index (κ1) is 17.0. The van der Waals surface area contributed by atoms with Gasteiger partial charge in [-0.15, -0.1) is 0 Å². The summed E-state index contributed by atoms with van der Waals surface area (Å²) in [5.74, 6) is -0.0612. The zero-order valence-electron chi connectivity index (χ0n) is 15.1. The molecule has 27 heavy (non-hydrogen) atoms. The van der Waals surface area contributed by atoms with Crippen molar-refractivity contribution >= 4 is 22.4 Å². The van der Waals surface area contributed by atoms with Gasteiger partial charge in [0.15, 0.2) is 0 Å². The van der Waals surface area contributed by atoms with Crippen LogP contribution in [0.3, 0.4) is 0 Å². The van der Waals surface area contributed by atoms with E-state index < -0.39 is 0 Å². The Kier molecular flexibility index (Phi) is 4.97. The Labute approximate surface area is 159 Å². The molecular formula is C25H21NO. The van der Waals surface area contributed by atoms with Crippen LogP contribution in [0, 0.1) is 0 Å². The quantitative estimate of drug-likeness (QED) is 0.478. The van der Waals surface area contributed by atoms with Crippen LogP contribution in [0.5, 0.6) is 0 Å². The first-order chi connectivity index (χ1) is 13.3. The van der Waals surface area contributed by atoms with Crippen molar-refractivity contribution in [3.63, 3.8) is 0 Å². The van der Waals surface area contributed by atoms with E-state index in [2.05, 4.69) is 29.6 Å². The Bertz CT molecular complexity index is 1070. The first-order valence-corrected chi connectivity index (χ1v) is 9.21. The maximum absolute atomic E-state index is 12.9. The molecule has 2 nitrogen and oxygen atoms in total. The molecule has 1 amide bonds. The monoisotopic (exact) mass is 351 g/mol. The lowest BCUT2D eigenvalue weighted by atomic mass is 9.99. The van der Waals surface area contributed by atoms with Crippen LogP contribution >= 0.6 is 0 Å². The Morgan fingerprint density at radius 1 is 0.667 bits per heavy atom. The Balaban J connectivity index is 1.52. The number of hydrogen-bond acceptors (Lipinski definition) is 1. The predicted octanol–water partition coefficient (Wildman–Crippen LogP) is 5.88. The van der Waals surface area contributed by atoms with Crippen LogP contribution in [-0.2, 0) is 12.8 Å². The van der Waals surface area contributed by atoms with Crippen LogP contribution in [0.15, 0.2) is 97.1 Å². The second-order valence-corrected chi connectivity index (χ2v) is 6.66. The average molecular weight is 351 g/mol. The van der Waals surface area contributed by atoms with Gasteiger partial charge < -0.3 is 5.32 Å². The summed E-state index contributed by atoms with van der Waals surface area (Å²) in [6, 6.07) is 32.4. The maximum Gasteiger partial charge on any atom is 0.255 e. The predicted molar refractivity (Wildman–Crippen MR) is 112 cm³/mol. The van der Waals surface area contributed by atoms with Crippen molar-refractivity contribution in [1.82, 2.24) is 0 Å². The largest absolute Gasteiger partial charge is 0.322 e. The summed E-state index contributed by atoms with van der Waals surface area (Å²) in [5, 5.41) is 5.33. The van der Waals surface area contributed by atoms with E-state index in [-0.39, 0.29) is 5.91 Å². The second-order valence-electron chi connectivity index (χ2n) is 6.66. The highest BCUT2D eigenvalue weighted by Gasteiger charge is 2.11. The van der Waals surface area contributed by atoms with E-state index in [1.165, 1.54) is 10.9 Å². The molecule has 2 heteroatoms. The summed E-state index contributed by atoms with van der Waals surface area (Å²) < 4.78 is 0.